The van der Waals surface area contributed by atoms with Crippen molar-refractivity contribution in [1.29, 1.82) is 0 Å². The Morgan fingerprint density at radius 2 is 2.18 bits per heavy atom. The molecule has 1 amide bonds. The summed E-state index contributed by atoms with van der Waals surface area (Å²) < 4.78 is 13.3. The molecule has 0 atom stereocenters. The van der Waals surface area contributed by atoms with Crippen molar-refractivity contribution < 1.29 is 9.18 Å². The molecule has 88 valence electrons. The number of amides is 1. The molecule has 3 nitrogen and oxygen atoms in total. The van der Waals surface area contributed by atoms with Crippen LogP contribution in [-0.2, 0) is 0 Å². The number of rotatable bonds is 2. The summed E-state index contributed by atoms with van der Waals surface area (Å²) in [6, 6.07) is 6.22. The first-order valence-electron chi connectivity index (χ1n) is 4.98. The van der Waals surface area contributed by atoms with Crippen molar-refractivity contribution in [3.05, 3.63) is 45.9 Å². The average Bonchev–Trinajstić information content (AvgIpc) is 2.70. The fourth-order valence-electron chi connectivity index (χ4n) is 1.36. The third-order valence-corrected chi connectivity index (χ3v) is 3.26. The molecule has 2 aromatic rings. The Bertz CT molecular complexity index is 565. The van der Waals surface area contributed by atoms with Crippen molar-refractivity contribution in [1.82, 2.24) is 0 Å². The van der Waals surface area contributed by atoms with E-state index in [9.17, 15) is 9.18 Å². The summed E-state index contributed by atoms with van der Waals surface area (Å²) in [6.07, 6.45) is 0. The van der Waals surface area contributed by atoms with Crippen LogP contribution in [0, 0.1) is 12.7 Å². The maximum absolute atomic E-state index is 13.3. The molecule has 0 aliphatic carbocycles. The van der Waals surface area contributed by atoms with E-state index < -0.39 is 0 Å². The first-order chi connectivity index (χ1) is 8.08. The Hall–Kier alpha value is -1.88. The van der Waals surface area contributed by atoms with Crippen molar-refractivity contribution >= 4 is 28.6 Å². The summed E-state index contributed by atoms with van der Waals surface area (Å²) in [4.78, 5) is 12.2. The topological polar surface area (TPSA) is 55.1 Å². The Labute approximate surface area is 102 Å². The highest BCUT2D eigenvalue weighted by Crippen LogP contribution is 2.21. The second kappa shape index (κ2) is 4.55. The van der Waals surface area contributed by atoms with Gasteiger partial charge < -0.3 is 11.1 Å². The van der Waals surface area contributed by atoms with Crippen molar-refractivity contribution in [2.24, 2.45) is 0 Å². The van der Waals surface area contributed by atoms with Crippen molar-refractivity contribution in [2.75, 3.05) is 11.1 Å². The zero-order valence-corrected chi connectivity index (χ0v) is 9.98. The number of nitrogens with two attached hydrogens (primary N) is 1. The normalized spacial score (nSPS) is 10.2. The first-order valence-corrected chi connectivity index (χ1v) is 5.86. The number of hydrogen-bond donors (Lipinski definition) is 2. The van der Waals surface area contributed by atoms with Gasteiger partial charge in [-0.25, -0.2) is 4.39 Å². The van der Waals surface area contributed by atoms with Gasteiger partial charge >= 0.3 is 0 Å². The minimum Gasteiger partial charge on any atom is -0.397 e. The van der Waals surface area contributed by atoms with Crippen molar-refractivity contribution in [3.8, 4) is 0 Å². The molecule has 0 aliphatic heterocycles. The maximum atomic E-state index is 13.3. The van der Waals surface area contributed by atoms with Gasteiger partial charge in [0, 0.05) is 5.69 Å². The quantitative estimate of drug-likeness (QED) is 0.860. The lowest BCUT2D eigenvalue weighted by Gasteiger charge is -2.05. The second-order valence-electron chi connectivity index (χ2n) is 3.62. The lowest BCUT2D eigenvalue weighted by atomic mass is 10.2. The van der Waals surface area contributed by atoms with Gasteiger partial charge in [0.25, 0.3) is 5.91 Å². The number of nitrogens with one attached hydrogen (secondary N) is 1. The summed E-state index contributed by atoms with van der Waals surface area (Å²) >= 11 is 1.25. The summed E-state index contributed by atoms with van der Waals surface area (Å²) in [7, 11) is 0. The van der Waals surface area contributed by atoms with E-state index in [0.717, 1.165) is 0 Å². The van der Waals surface area contributed by atoms with Crippen LogP contribution in [0.5, 0.6) is 0 Å². The molecule has 0 unspecified atom stereocenters. The van der Waals surface area contributed by atoms with Crippen LogP contribution >= 0.6 is 11.3 Å². The minimum absolute atomic E-state index is 0.319. The molecule has 1 aromatic heterocycles. The molecule has 3 N–H and O–H groups in total. The number of aryl methyl sites for hydroxylation is 1. The summed E-state index contributed by atoms with van der Waals surface area (Å²) in [6.45, 7) is 1.66. The molecule has 17 heavy (non-hydrogen) atoms. The van der Waals surface area contributed by atoms with Gasteiger partial charge in [-0.15, -0.1) is 11.3 Å². The van der Waals surface area contributed by atoms with Gasteiger partial charge in [0.1, 0.15) is 10.7 Å². The van der Waals surface area contributed by atoms with Gasteiger partial charge in [-0.2, -0.15) is 0 Å². The van der Waals surface area contributed by atoms with Gasteiger partial charge in [0.05, 0.1) is 5.69 Å². The highest BCUT2D eigenvalue weighted by molar-refractivity contribution is 7.12. The Morgan fingerprint density at radius 3 is 2.76 bits per heavy atom. The van der Waals surface area contributed by atoms with Crippen LogP contribution < -0.4 is 11.1 Å². The number of anilines is 2. The molecular formula is C12H11FN2OS. The lowest BCUT2D eigenvalue weighted by molar-refractivity contribution is 0.103. The van der Waals surface area contributed by atoms with Crippen LogP contribution in [0.2, 0.25) is 0 Å². The molecule has 0 saturated heterocycles. The standard InChI is InChI=1S/C12H11FN2OS/c1-7-2-3-8(6-9(7)13)15-12(16)11-10(14)4-5-17-11/h2-6H,14H2,1H3,(H,15,16). The van der Waals surface area contributed by atoms with Crippen LogP contribution in [0.3, 0.4) is 0 Å². The third-order valence-electron chi connectivity index (χ3n) is 2.33. The number of nitrogen functional groups attached to an aromatic ring is 1. The van der Waals surface area contributed by atoms with E-state index in [1.54, 1.807) is 30.5 Å². The van der Waals surface area contributed by atoms with Gasteiger partial charge in [-0.05, 0) is 36.1 Å². The summed E-state index contributed by atoms with van der Waals surface area (Å²) in [5, 5.41) is 4.34. The Morgan fingerprint density at radius 1 is 1.41 bits per heavy atom. The smallest absolute Gasteiger partial charge is 0.267 e. The molecule has 0 bridgehead atoms. The Balaban J connectivity index is 2.19. The molecule has 0 saturated carbocycles. The molecular weight excluding hydrogens is 239 g/mol. The fraction of sp³-hybridized carbons (Fsp3) is 0.0833. The summed E-state index contributed by atoms with van der Waals surface area (Å²) in [5.41, 5.74) is 7.02. The number of thiophene rings is 1. The number of carbonyl (C=O) groups is 1. The average molecular weight is 250 g/mol. The van der Waals surface area contributed by atoms with E-state index in [4.69, 9.17) is 5.73 Å². The summed E-state index contributed by atoms with van der Waals surface area (Å²) in [5.74, 6) is -0.664. The van der Waals surface area contributed by atoms with Crippen molar-refractivity contribution in [3.63, 3.8) is 0 Å². The molecule has 0 aliphatic rings. The van der Waals surface area contributed by atoms with Gasteiger partial charge in [-0.1, -0.05) is 6.07 Å². The number of carbonyl (C=O) groups excluding carboxylic acids is 1. The van der Waals surface area contributed by atoms with E-state index in [-0.39, 0.29) is 11.7 Å². The monoisotopic (exact) mass is 250 g/mol. The van der Waals surface area contributed by atoms with Crippen LogP contribution in [0.1, 0.15) is 15.2 Å². The van der Waals surface area contributed by atoms with E-state index in [0.29, 0.717) is 21.8 Å². The fourth-order valence-corrected chi connectivity index (χ4v) is 2.08. The van der Waals surface area contributed by atoms with Gasteiger partial charge in [-0.3, -0.25) is 4.79 Å². The van der Waals surface area contributed by atoms with E-state index >= 15 is 0 Å². The van der Waals surface area contributed by atoms with E-state index in [2.05, 4.69) is 5.32 Å². The van der Waals surface area contributed by atoms with Crippen LogP contribution in [0.4, 0.5) is 15.8 Å². The zero-order chi connectivity index (χ0) is 12.4. The number of benzene rings is 1. The number of halogens is 1. The molecule has 0 spiro atoms. The second-order valence-corrected chi connectivity index (χ2v) is 4.54. The first kappa shape index (κ1) is 11.6. The largest absolute Gasteiger partial charge is 0.397 e. The molecule has 1 aromatic carbocycles. The molecule has 1 heterocycles. The van der Waals surface area contributed by atoms with Gasteiger partial charge in [0.15, 0.2) is 0 Å². The van der Waals surface area contributed by atoms with Crippen molar-refractivity contribution in [2.45, 2.75) is 6.92 Å². The predicted molar refractivity (Wildman–Crippen MR) is 67.8 cm³/mol. The minimum atomic E-state index is -0.345. The molecule has 0 radical (unpaired) electrons. The van der Waals surface area contributed by atoms with Crippen LogP contribution in [0.15, 0.2) is 29.6 Å². The molecule has 0 fully saturated rings. The Kier molecular flexibility index (Phi) is 3.10. The van der Waals surface area contributed by atoms with E-state index in [1.165, 1.54) is 17.4 Å². The highest BCUT2D eigenvalue weighted by atomic mass is 32.1. The molecule has 5 heteroatoms. The van der Waals surface area contributed by atoms with Crippen LogP contribution in [-0.4, -0.2) is 5.91 Å². The SMILES string of the molecule is Cc1ccc(NC(=O)c2sccc2N)cc1F. The lowest BCUT2D eigenvalue weighted by Crippen LogP contribution is -2.12. The predicted octanol–water partition coefficient (Wildman–Crippen LogP) is 3.03. The van der Waals surface area contributed by atoms with Gasteiger partial charge in [0.2, 0.25) is 0 Å². The number of hydrogen-bond acceptors (Lipinski definition) is 3. The maximum Gasteiger partial charge on any atom is 0.267 e. The molecule has 2 rings (SSSR count). The third kappa shape index (κ3) is 2.45. The van der Waals surface area contributed by atoms with Crippen LogP contribution in [0.25, 0.3) is 0 Å². The highest BCUT2D eigenvalue weighted by Gasteiger charge is 2.11. The zero-order valence-electron chi connectivity index (χ0n) is 9.16. The van der Waals surface area contributed by atoms with E-state index in [1.807, 2.05) is 0 Å².